The molecule has 2 aromatic rings. The quantitative estimate of drug-likeness (QED) is 0.806. The van der Waals surface area contributed by atoms with Crippen LogP contribution in [0.4, 0.5) is 5.69 Å². The van der Waals surface area contributed by atoms with Crippen LogP contribution in [0.25, 0.3) is 6.08 Å². The smallest absolute Gasteiger partial charge is 0.341 e. The number of rotatable bonds is 5. The van der Waals surface area contributed by atoms with Gasteiger partial charge in [-0.15, -0.1) is 0 Å². The van der Waals surface area contributed by atoms with E-state index in [2.05, 4.69) is 10.3 Å². The number of amides is 1. The van der Waals surface area contributed by atoms with Crippen LogP contribution in [0.15, 0.2) is 64.5 Å². The molecule has 0 spiro atoms. The lowest BCUT2D eigenvalue weighted by Gasteiger charge is -2.03. The molecule has 1 aliphatic rings. The number of nitrogens with one attached hydrogen (secondary N) is 1. The number of para-hydroxylation sites is 1. The molecule has 1 fully saturated rings. The maximum atomic E-state index is 12.1. The highest BCUT2D eigenvalue weighted by Crippen LogP contribution is 2.28. The molecular weight excluding hydrogens is 340 g/mol. The van der Waals surface area contributed by atoms with E-state index in [9.17, 15) is 9.59 Å². The molecule has 1 aliphatic heterocycles. The van der Waals surface area contributed by atoms with Gasteiger partial charge in [0.05, 0.1) is 10.6 Å². The molecule has 0 saturated carbocycles. The molecule has 3 rings (SSSR count). The van der Waals surface area contributed by atoms with E-state index in [1.165, 1.54) is 11.8 Å². The van der Waals surface area contributed by atoms with E-state index < -0.39 is 12.6 Å². The molecule has 25 heavy (non-hydrogen) atoms. The lowest BCUT2D eigenvalue weighted by Crippen LogP contribution is -2.19. The molecule has 0 unspecified atom stereocenters. The zero-order valence-corrected chi connectivity index (χ0v) is 13.8. The highest BCUT2D eigenvalue weighted by molar-refractivity contribution is 8.18. The fourth-order valence-electron chi connectivity index (χ4n) is 2.09. The van der Waals surface area contributed by atoms with E-state index in [-0.39, 0.29) is 5.91 Å². The number of carboxylic acids is 1. The number of thioether (sulfide) groups is 1. The highest BCUT2D eigenvalue weighted by Gasteiger charge is 2.23. The summed E-state index contributed by atoms with van der Waals surface area (Å²) >= 11 is 1.25. The Morgan fingerprint density at radius 2 is 2.00 bits per heavy atom. The van der Waals surface area contributed by atoms with Gasteiger partial charge >= 0.3 is 5.97 Å². The van der Waals surface area contributed by atoms with E-state index in [1.54, 1.807) is 30.3 Å². The van der Waals surface area contributed by atoms with Crippen molar-refractivity contribution in [1.29, 1.82) is 0 Å². The minimum absolute atomic E-state index is 0.225. The summed E-state index contributed by atoms with van der Waals surface area (Å²) in [5.41, 5.74) is 1.50. The Kier molecular flexibility index (Phi) is 5.15. The van der Waals surface area contributed by atoms with Crippen LogP contribution in [0.1, 0.15) is 5.56 Å². The van der Waals surface area contributed by atoms with Crippen molar-refractivity contribution in [2.24, 2.45) is 4.99 Å². The summed E-state index contributed by atoms with van der Waals surface area (Å²) in [5.74, 6) is -0.842. The second kappa shape index (κ2) is 7.67. The summed E-state index contributed by atoms with van der Waals surface area (Å²) in [6.07, 6.45) is 1.71. The molecular formula is C18H14N2O4S. The Bertz CT molecular complexity index is 862. The van der Waals surface area contributed by atoms with Crippen molar-refractivity contribution in [3.05, 3.63) is 65.1 Å². The van der Waals surface area contributed by atoms with Gasteiger partial charge in [0.15, 0.2) is 11.8 Å². The summed E-state index contributed by atoms with van der Waals surface area (Å²) < 4.78 is 5.14. The van der Waals surface area contributed by atoms with Crippen LogP contribution in [0, 0.1) is 0 Å². The fraction of sp³-hybridized carbons (Fsp3) is 0.0556. The first-order valence-electron chi connectivity index (χ1n) is 7.39. The molecule has 0 bridgehead atoms. The average molecular weight is 354 g/mol. The van der Waals surface area contributed by atoms with Crippen molar-refractivity contribution in [3.63, 3.8) is 0 Å². The van der Waals surface area contributed by atoms with E-state index in [4.69, 9.17) is 9.84 Å². The van der Waals surface area contributed by atoms with Gasteiger partial charge in [-0.1, -0.05) is 30.3 Å². The molecule has 0 aromatic heterocycles. The number of nitrogens with zero attached hydrogens (tertiary/aromatic N) is 1. The molecule has 0 atom stereocenters. The minimum Gasteiger partial charge on any atom is -0.482 e. The van der Waals surface area contributed by atoms with E-state index >= 15 is 0 Å². The molecule has 2 aromatic carbocycles. The van der Waals surface area contributed by atoms with Gasteiger partial charge in [-0.05, 0) is 47.7 Å². The molecule has 6 nitrogen and oxygen atoms in total. The van der Waals surface area contributed by atoms with Gasteiger partial charge in [-0.25, -0.2) is 9.79 Å². The van der Waals surface area contributed by atoms with Gasteiger partial charge in [-0.2, -0.15) is 0 Å². The van der Waals surface area contributed by atoms with E-state index in [1.807, 2.05) is 30.3 Å². The molecule has 0 aliphatic carbocycles. The molecule has 1 heterocycles. The summed E-state index contributed by atoms with van der Waals surface area (Å²) in [5, 5.41) is 11.9. The fourth-order valence-corrected chi connectivity index (χ4v) is 2.93. The standard InChI is InChI=1S/C18H14N2O4S/c21-16(22)11-24-14-8-4-5-12(9-14)10-15-17(23)20-18(25-15)19-13-6-2-1-3-7-13/h1-10H,11H2,(H,21,22)(H,19,20,23)/b15-10-. The SMILES string of the molecule is O=C(O)COc1cccc(/C=C2\SC(=Nc3ccccc3)NC2=O)c1. The van der Waals surface area contributed by atoms with Gasteiger partial charge < -0.3 is 15.2 Å². The first kappa shape index (κ1) is 16.8. The van der Waals surface area contributed by atoms with E-state index in [0.29, 0.717) is 15.8 Å². The largest absolute Gasteiger partial charge is 0.482 e. The number of carbonyl (C=O) groups excluding carboxylic acids is 1. The second-order valence-corrected chi connectivity index (χ2v) is 6.10. The van der Waals surface area contributed by atoms with Gasteiger partial charge in [-0.3, -0.25) is 4.79 Å². The molecule has 126 valence electrons. The third-order valence-electron chi connectivity index (χ3n) is 3.16. The molecule has 1 saturated heterocycles. The number of benzene rings is 2. The first-order valence-corrected chi connectivity index (χ1v) is 8.21. The predicted octanol–water partition coefficient (Wildman–Crippen LogP) is 3.04. The zero-order chi connectivity index (χ0) is 17.6. The van der Waals surface area contributed by atoms with Crippen molar-refractivity contribution in [2.75, 3.05) is 6.61 Å². The molecule has 1 amide bonds. The molecule has 7 heteroatoms. The number of aliphatic imine (C=N–C) groups is 1. The normalized spacial score (nSPS) is 16.9. The van der Waals surface area contributed by atoms with Gasteiger partial charge in [0.2, 0.25) is 0 Å². The summed E-state index contributed by atoms with van der Waals surface area (Å²) in [6, 6.07) is 16.2. The Morgan fingerprint density at radius 3 is 2.76 bits per heavy atom. The number of amidine groups is 1. The third-order valence-corrected chi connectivity index (χ3v) is 4.07. The van der Waals surface area contributed by atoms with Crippen molar-refractivity contribution in [1.82, 2.24) is 5.32 Å². The van der Waals surface area contributed by atoms with Crippen molar-refractivity contribution in [3.8, 4) is 5.75 Å². The summed E-state index contributed by atoms with van der Waals surface area (Å²) in [7, 11) is 0. The van der Waals surface area contributed by atoms with Crippen LogP contribution >= 0.6 is 11.8 Å². The van der Waals surface area contributed by atoms with E-state index in [0.717, 1.165) is 11.3 Å². The van der Waals surface area contributed by atoms with Gasteiger partial charge in [0, 0.05) is 0 Å². The summed E-state index contributed by atoms with van der Waals surface area (Å²) in [4.78, 5) is 27.5. The minimum atomic E-state index is -1.05. The maximum Gasteiger partial charge on any atom is 0.341 e. The Hall–Kier alpha value is -3.06. The number of hydrogen-bond acceptors (Lipinski definition) is 5. The van der Waals surface area contributed by atoms with Crippen LogP contribution in [0.5, 0.6) is 5.75 Å². The van der Waals surface area contributed by atoms with Crippen LogP contribution in [0.2, 0.25) is 0 Å². The van der Waals surface area contributed by atoms with Crippen molar-refractivity contribution >= 4 is 40.6 Å². The van der Waals surface area contributed by atoms with Crippen LogP contribution in [-0.4, -0.2) is 28.8 Å². The number of carbonyl (C=O) groups is 2. The van der Waals surface area contributed by atoms with Crippen LogP contribution in [0.3, 0.4) is 0 Å². The summed E-state index contributed by atoms with van der Waals surface area (Å²) in [6.45, 7) is -0.414. The number of hydrogen-bond donors (Lipinski definition) is 2. The Morgan fingerprint density at radius 1 is 1.20 bits per heavy atom. The monoisotopic (exact) mass is 354 g/mol. The predicted molar refractivity (Wildman–Crippen MR) is 96.8 cm³/mol. The van der Waals surface area contributed by atoms with Crippen molar-refractivity contribution < 1.29 is 19.4 Å². The van der Waals surface area contributed by atoms with Crippen LogP contribution in [-0.2, 0) is 9.59 Å². The second-order valence-electron chi connectivity index (χ2n) is 5.07. The average Bonchev–Trinajstić information content (AvgIpc) is 2.93. The van der Waals surface area contributed by atoms with Gasteiger partial charge in [0.25, 0.3) is 5.91 Å². The number of ether oxygens (including phenoxy) is 1. The highest BCUT2D eigenvalue weighted by atomic mass is 32.2. The zero-order valence-electron chi connectivity index (χ0n) is 13.0. The topological polar surface area (TPSA) is 88.0 Å². The lowest BCUT2D eigenvalue weighted by atomic mass is 10.2. The Balaban J connectivity index is 1.75. The number of aliphatic carboxylic acids is 1. The third kappa shape index (κ3) is 4.71. The van der Waals surface area contributed by atoms with Gasteiger partial charge in [0.1, 0.15) is 5.75 Å². The Labute approximate surface area is 148 Å². The molecule has 0 radical (unpaired) electrons. The van der Waals surface area contributed by atoms with Crippen LogP contribution < -0.4 is 10.1 Å². The van der Waals surface area contributed by atoms with Crippen molar-refractivity contribution in [2.45, 2.75) is 0 Å². The first-order chi connectivity index (χ1) is 12.1. The maximum absolute atomic E-state index is 12.1. The molecule has 2 N–H and O–H groups in total. The number of carboxylic acid groups (broad SMARTS) is 1. The lowest BCUT2D eigenvalue weighted by molar-refractivity contribution is -0.139.